The highest BCUT2D eigenvalue weighted by molar-refractivity contribution is 7.14. The fourth-order valence-corrected chi connectivity index (χ4v) is 3.09. The molecule has 0 fully saturated rings. The Morgan fingerprint density at radius 3 is 2.65 bits per heavy atom. The fraction of sp³-hybridized carbons (Fsp3) is 0.222. The van der Waals surface area contributed by atoms with E-state index in [4.69, 9.17) is 0 Å². The number of hydrogen-bond donors (Lipinski definition) is 2. The molecule has 0 saturated heterocycles. The summed E-state index contributed by atoms with van der Waals surface area (Å²) >= 11 is 1.29. The van der Waals surface area contributed by atoms with Crippen molar-refractivity contribution in [2.24, 2.45) is 0 Å². The molecule has 3 rings (SSSR count). The van der Waals surface area contributed by atoms with Gasteiger partial charge >= 0.3 is 0 Å². The van der Waals surface area contributed by atoms with E-state index in [0.29, 0.717) is 22.2 Å². The molecule has 0 aliphatic rings. The Labute approximate surface area is 155 Å². The number of amides is 2. The Morgan fingerprint density at radius 2 is 1.92 bits per heavy atom. The molecule has 1 aromatic carbocycles. The van der Waals surface area contributed by atoms with Gasteiger partial charge in [-0.15, -0.1) is 11.3 Å². The summed E-state index contributed by atoms with van der Waals surface area (Å²) < 4.78 is 1.74. The van der Waals surface area contributed by atoms with Crippen LogP contribution in [0.25, 0.3) is 0 Å². The third-order valence-electron chi connectivity index (χ3n) is 3.58. The molecule has 3 aromatic rings. The number of carbonyl (C=O) groups is 2. The van der Waals surface area contributed by atoms with Crippen LogP contribution in [0.4, 0.5) is 10.9 Å². The lowest BCUT2D eigenvalue weighted by Crippen LogP contribution is -2.18. The van der Waals surface area contributed by atoms with E-state index in [2.05, 4.69) is 20.7 Å². The lowest BCUT2D eigenvalue weighted by molar-refractivity contribution is -0.115. The lowest BCUT2D eigenvalue weighted by atomic mass is 10.2. The first-order valence-corrected chi connectivity index (χ1v) is 9.05. The molecular weight excluding hydrogens is 350 g/mol. The highest BCUT2D eigenvalue weighted by atomic mass is 32.1. The zero-order valence-corrected chi connectivity index (χ0v) is 15.3. The van der Waals surface area contributed by atoms with Crippen LogP contribution in [-0.2, 0) is 11.2 Å². The number of thiazole rings is 1. The van der Waals surface area contributed by atoms with Crippen LogP contribution in [0.15, 0.2) is 48.0 Å². The summed E-state index contributed by atoms with van der Waals surface area (Å²) in [6, 6.07) is 10.8. The van der Waals surface area contributed by atoms with Crippen molar-refractivity contribution in [2.75, 3.05) is 10.6 Å². The van der Waals surface area contributed by atoms with Crippen LogP contribution < -0.4 is 10.6 Å². The SMILES string of the molecule is CC(C)n1nccc1NC(=O)Cc1csc(NC(=O)c2ccccc2)n1. The van der Waals surface area contributed by atoms with E-state index in [1.54, 1.807) is 46.6 Å². The summed E-state index contributed by atoms with van der Waals surface area (Å²) in [4.78, 5) is 28.7. The molecule has 26 heavy (non-hydrogen) atoms. The zero-order chi connectivity index (χ0) is 18.5. The Hall–Kier alpha value is -3.00. The highest BCUT2D eigenvalue weighted by Crippen LogP contribution is 2.18. The van der Waals surface area contributed by atoms with Crippen molar-refractivity contribution in [3.8, 4) is 0 Å². The molecule has 134 valence electrons. The second kappa shape index (κ2) is 7.92. The van der Waals surface area contributed by atoms with Gasteiger partial charge in [-0.3, -0.25) is 14.9 Å². The van der Waals surface area contributed by atoms with Gasteiger partial charge in [-0.1, -0.05) is 18.2 Å². The molecule has 0 saturated carbocycles. The van der Waals surface area contributed by atoms with Crippen molar-refractivity contribution in [1.29, 1.82) is 0 Å². The molecule has 0 atom stereocenters. The monoisotopic (exact) mass is 369 g/mol. The maximum atomic E-state index is 12.2. The molecule has 0 unspecified atom stereocenters. The average Bonchev–Trinajstić information content (AvgIpc) is 3.25. The van der Waals surface area contributed by atoms with Crippen LogP contribution in [0.2, 0.25) is 0 Å². The van der Waals surface area contributed by atoms with Gasteiger partial charge in [-0.25, -0.2) is 9.67 Å². The van der Waals surface area contributed by atoms with Crippen LogP contribution in [0, 0.1) is 0 Å². The maximum Gasteiger partial charge on any atom is 0.257 e. The summed E-state index contributed by atoms with van der Waals surface area (Å²) in [5, 5.41) is 12.0. The minimum Gasteiger partial charge on any atom is -0.311 e. The molecule has 0 aliphatic heterocycles. The van der Waals surface area contributed by atoms with Gasteiger partial charge in [0.05, 0.1) is 18.3 Å². The fourth-order valence-electron chi connectivity index (χ4n) is 2.38. The smallest absolute Gasteiger partial charge is 0.257 e. The first-order chi connectivity index (χ1) is 12.5. The number of benzene rings is 1. The second-order valence-electron chi connectivity index (χ2n) is 5.94. The van der Waals surface area contributed by atoms with Crippen LogP contribution in [0.1, 0.15) is 35.9 Å². The Balaban J connectivity index is 1.59. The standard InChI is InChI=1S/C18H19N5O2S/c1-12(2)23-15(8-9-19-23)21-16(24)10-14-11-26-18(20-14)22-17(25)13-6-4-3-5-7-13/h3-9,11-12H,10H2,1-2H3,(H,21,24)(H,20,22,25). The number of rotatable bonds is 6. The van der Waals surface area contributed by atoms with Crippen molar-refractivity contribution >= 4 is 34.1 Å². The quantitative estimate of drug-likeness (QED) is 0.697. The molecule has 2 aromatic heterocycles. The topological polar surface area (TPSA) is 88.9 Å². The van der Waals surface area contributed by atoms with Crippen molar-refractivity contribution in [3.05, 3.63) is 59.2 Å². The first kappa shape index (κ1) is 17.8. The van der Waals surface area contributed by atoms with Gasteiger partial charge in [-0.2, -0.15) is 5.10 Å². The van der Waals surface area contributed by atoms with Crippen LogP contribution in [0.3, 0.4) is 0 Å². The van der Waals surface area contributed by atoms with Crippen molar-refractivity contribution < 1.29 is 9.59 Å². The van der Waals surface area contributed by atoms with E-state index in [1.165, 1.54) is 11.3 Å². The molecule has 7 nitrogen and oxygen atoms in total. The molecule has 2 N–H and O–H groups in total. The third-order valence-corrected chi connectivity index (χ3v) is 4.38. The average molecular weight is 369 g/mol. The predicted molar refractivity (Wildman–Crippen MR) is 101 cm³/mol. The van der Waals surface area contributed by atoms with Gasteiger partial charge in [0.2, 0.25) is 5.91 Å². The molecule has 2 heterocycles. The van der Waals surface area contributed by atoms with Gasteiger partial charge in [0, 0.05) is 23.1 Å². The predicted octanol–water partition coefficient (Wildman–Crippen LogP) is 3.35. The van der Waals surface area contributed by atoms with Crippen molar-refractivity contribution in [1.82, 2.24) is 14.8 Å². The molecule has 8 heteroatoms. The van der Waals surface area contributed by atoms with Gasteiger partial charge in [-0.05, 0) is 26.0 Å². The summed E-state index contributed by atoms with van der Waals surface area (Å²) in [6.07, 6.45) is 1.77. The largest absolute Gasteiger partial charge is 0.311 e. The van der Waals surface area contributed by atoms with Crippen LogP contribution in [0.5, 0.6) is 0 Å². The van der Waals surface area contributed by atoms with Gasteiger partial charge in [0.15, 0.2) is 5.13 Å². The number of anilines is 2. The Kier molecular flexibility index (Phi) is 5.43. The zero-order valence-electron chi connectivity index (χ0n) is 14.5. The number of nitrogens with one attached hydrogen (secondary N) is 2. The molecule has 0 spiro atoms. The van der Waals surface area contributed by atoms with E-state index in [0.717, 1.165) is 0 Å². The minimum absolute atomic E-state index is 0.126. The highest BCUT2D eigenvalue weighted by Gasteiger charge is 2.13. The van der Waals surface area contributed by atoms with E-state index in [1.807, 2.05) is 19.9 Å². The number of nitrogens with zero attached hydrogens (tertiary/aromatic N) is 3. The number of hydrogen-bond acceptors (Lipinski definition) is 5. The number of aromatic nitrogens is 3. The lowest BCUT2D eigenvalue weighted by Gasteiger charge is -2.11. The maximum absolute atomic E-state index is 12.2. The molecule has 2 amide bonds. The molecule has 0 aliphatic carbocycles. The van der Waals surface area contributed by atoms with Crippen molar-refractivity contribution in [3.63, 3.8) is 0 Å². The second-order valence-corrected chi connectivity index (χ2v) is 6.80. The summed E-state index contributed by atoms with van der Waals surface area (Å²) in [6.45, 7) is 3.98. The third kappa shape index (κ3) is 4.34. The van der Waals surface area contributed by atoms with Gasteiger partial charge in [0.1, 0.15) is 5.82 Å². The van der Waals surface area contributed by atoms with Crippen LogP contribution in [-0.4, -0.2) is 26.6 Å². The van der Waals surface area contributed by atoms with Gasteiger partial charge in [0.25, 0.3) is 5.91 Å². The Bertz CT molecular complexity index is 901. The molecular formula is C18H19N5O2S. The van der Waals surface area contributed by atoms with Gasteiger partial charge < -0.3 is 5.32 Å². The summed E-state index contributed by atoms with van der Waals surface area (Å²) in [7, 11) is 0. The minimum atomic E-state index is -0.225. The van der Waals surface area contributed by atoms with E-state index < -0.39 is 0 Å². The summed E-state index contributed by atoms with van der Waals surface area (Å²) in [5.41, 5.74) is 1.16. The summed E-state index contributed by atoms with van der Waals surface area (Å²) in [5.74, 6) is 0.244. The van der Waals surface area contributed by atoms with Crippen LogP contribution >= 0.6 is 11.3 Å². The first-order valence-electron chi connectivity index (χ1n) is 8.17. The molecule has 0 bridgehead atoms. The normalized spacial score (nSPS) is 10.7. The van der Waals surface area contributed by atoms with E-state index in [-0.39, 0.29) is 24.3 Å². The molecule has 0 radical (unpaired) electrons. The van der Waals surface area contributed by atoms with E-state index >= 15 is 0 Å². The van der Waals surface area contributed by atoms with E-state index in [9.17, 15) is 9.59 Å². The number of carbonyl (C=O) groups excluding carboxylic acids is 2. The van der Waals surface area contributed by atoms with Crippen molar-refractivity contribution in [2.45, 2.75) is 26.3 Å². The Morgan fingerprint density at radius 1 is 1.15 bits per heavy atom.